The molecule has 4 aliphatic rings. The normalized spacial score (nSPS) is 22.9. The minimum Gasteiger partial charge on any atom is -0.508 e. The number of carbonyl (C=O) groups is 4. The summed E-state index contributed by atoms with van der Waals surface area (Å²) in [6, 6.07) is 48.6. The van der Waals surface area contributed by atoms with Gasteiger partial charge < -0.3 is 20.5 Å². The molecular weight excluding hydrogens is 765 g/mol. The molecule has 6 aromatic rings. The number of rotatable bonds is 10. The van der Waals surface area contributed by atoms with Crippen molar-refractivity contribution in [3.8, 4) is 11.5 Å². The molecule has 61 heavy (non-hydrogen) atoms. The molecule has 6 unspecified atom stereocenters. The Morgan fingerprint density at radius 3 is 1.61 bits per heavy atom. The zero-order chi connectivity index (χ0) is 41.6. The minimum absolute atomic E-state index is 0.0762. The molecule has 0 spiro atoms. The first-order valence-electron chi connectivity index (χ1n) is 20.6. The number of aromatic hydroxyl groups is 1. The third kappa shape index (κ3) is 6.89. The van der Waals surface area contributed by atoms with Crippen LogP contribution in [0.25, 0.3) is 0 Å². The molecule has 0 radical (unpaired) electrons. The first-order valence-corrected chi connectivity index (χ1v) is 20.6. The highest BCUT2D eigenvalue weighted by molar-refractivity contribution is 6.24. The predicted octanol–water partition coefficient (Wildman–Crippen LogP) is 9.50. The molecular formula is C51H42N4O6. The molecule has 3 fully saturated rings. The summed E-state index contributed by atoms with van der Waals surface area (Å²) in [5.41, 5.74) is 6.56. The van der Waals surface area contributed by atoms with Crippen LogP contribution >= 0.6 is 0 Å². The second-order valence-corrected chi connectivity index (χ2v) is 16.1. The fourth-order valence-corrected chi connectivity index (χ4v) is 9.83. The molecule has 2 heterocycles. The van der Waals surface area contributed by atoms with Crippen molar-refractivity contribution < 1.29 is 29.0 Å². The van der Waals surface area contributed by atoms with Gasteiger partial charge >= 0.3 is 0 Å². The highest BCUT2D eigenvalue weighted by Gasteiger charge is 2.62. The summed E-state index contributed by atoms with van der Waals surface area (Å²) in [6.07, 6.45) is 2.49. The molecule has 302 valence electrons. The Bertz CT molecular complexity index is 2670. The van der Waals surface area contributed by atoms with Gasteiger partial charge in [0.1, 0.15) is 18.1 Å². The Balaban J connectivity index is 0.975. The number of nitrogens with zero attached hydrogens (tertiary/aromatic N) is 2. The molecule has 3 N–H and O–H groups in total. The fourth-order valence-electron chi connectivity index (χ4n) is 9.83. The number of fused-ring (bicyclic) bond motifs is 4. The summed E-state index contributed by atoms with van der Waals surface area (Å²) >= 11 is 0. The van der Waals surface area contributed by atoms with Crippen LogP contribution in [0.2, 0.25) is 0 Å². The van der Waals surface area contributed by atoms with E-state index in [0.717, 1.165) is 33.9 Å². The van der Waals surface area contributed by atoms with E-state index in [4.69, 9.17) is 4.74 Å². The molecule has 1 saturated carbocycles. The lowest BCUT2D eigenvalue weighted by molar-refractivity contribution is -0.126. The molecule has 4 amide bonds. The minimum atomic E-state index is -0.844. The van der Waals surface area contributed by atoms with Gasteiger partial charge in [-0.3, -0.25) is 29.0 Å². The number of nitrogens with one attached hydrogen (secondary N) is 2. The van der Waals surface area contributed by atoms with E-state index >= 15 is 0 Å². The Labute approximate surface area is 353 Å². The van der Waals surface area contributed by atoms with E-state index in [0.29, 0.717) is 35.7 Å². The van der Waals surface area contributed by atoms with Crippen LogP contribution in [0.4, 0.5) is 34.1 Å². The van der Waals surface area contributed by atoms with E-state index in [2.05, 4.69) is 10.6 Å². The van der Waals surface area contributed by atoms with Crippen LogP contribution in [0.3, 0.4) is 0 Å². The molecule has 2 aliphatic heterocycles. The Morgan fingerprint density at radius 1 is 0.541 bits per heavy atom. The smallest absolute Gasteiger partial charge is 0.238 e. The second-order valence-electron chi connectivity index (χ2n) is 16.1. The lowest BCUT2D eigenvalue weighted by Gasteiger charge is -2.44. The molecule has 0 bridgehead atoms. The average Bonchev–Trinajstić information content (AvgIpc) is 3.70. The maximum absolute atomic E-state index is 14.8. The number of benzene rings is 6. The Morgan fingerprint density at radius 2 is 1.05 bits per heavy atom. The number of para-hydroxylation sites is 2. The fraction of sp³-hybridized carbons (Fsp3) is 0.176. The van der Waals surface area contributed by atoms with E-state index < -0.39 is 35.5 Å². The van der Waals surface area contributed by atoms with Gasteiger partial charge in [-0.25, -0.2) is 0 Å². The average molecular weight is 807 g/mol. The first-order chi connectivity index (χ1) is 29.8. The maximum atomic E-state index is 14.8. The first kappa shape index (κ1) is 37.8. The topological polar surface area (TPSA) is 128 Å². The zero-order valence-corrected chi connectivity index (χ0v) is 33.1. The number of allylic oxidation sites excluding steroid dienone is 2. The van der Waals surface area contributed by atoms with E-state index in [1.54, 1.807) is 42.5 Å². The largest absolute Gasteiger partial charge is 0.508 e. The molecule has 6 atom stereocenters. The van der Waals surface area contributed by atoms with Crippen molar-refractivity contribution in [3.05, 3.63) is 181 Å². The monoisotopic (exact) mass is 806 g/mol. The molecule has 2 saturated heterocycles. The lowest BCUT2D eigenvalue weighted by Crippen LogP contribution is -2.43. The van der Waals surface area contributed by atoms with Crippen LogP contribution in [-0.4, -0.2) is 28.7 Å². The number of anilines is 6. The molecule has 10 nitrogen and oxygen atoms in total. The van der Waals surface area contributed by atoms with E-state index in [9.17, 15) is 24.3 Å². The predicted molar refractivity (Wildman–Crippen MR) is 234 cm³/mol. The number of amides is 4. The van der Waals surface area contributed by atoms with Gasteiger partial charge in [-0.05, 0) is 103 Å². The maximum Gasteiger partial charge on any atom is 0.238 e. The summed E-state index contributed by atoms with van der Waals surface area (Å²) < 4.78 is 6.04. The molecule has 10 rings (SSSR count). The van der Waals surface area contributed by atoms with E-state index in [1.165, 1.54) is 9.80 Å². The summed E-state index contributed by atoms with van der Waals surface area (Å²) in [5, 5.41) is 18.4. The summed E-state index contributed by atoms with van der Waals surface area (Å²) in [4.78, 5) is 60.8. The van der Waals surface area contributed by atoms with E-state index in [1.807, 2.05) is 121 Å². The molecule has 2 aliphatic carbocycles. The number of phenolic OH excluding ortho intramolecular Hbond substituents is 1. The Hall–Kier alpha value is -7.46. The van der Waals surface area contributed by atoms with Crippen LogP contribution in [0.1, 0.15) is 29.9 Å². The number of hydrogen-bond acceptors (Lipinski definition) is 8. The van der Waals surface area contributed by atoms with Gasteiger partial charge in [-0.15, -0.1) is 0 Å². The SMILES string of the molecule is O=C1C2CC=C3C(CC4C(=O)N(c5ccc(Nc6ccccc6)cc5)C(=O)C4C3c3ccc(OCc4ccccc4)cc3O)C2C(=O)N1c1ccc(Nc2ccccc2)cc1. The summed E-state index contributed by atoms with van der Waals surface area (Å²) in [7, 11) is 0. The number of phenols is 1. The molecule has 10 heteroatoms. The number of carbonyl (C=O) groups excluding carboxylic acids is 4. The zero-order valence-electron chi connectivity index (χ0n) is 33.1. The van der Waals surface area contributed by atoms with Crippen molar-refractivity contribution in [1.82, 2.24) is 0 Å². The van der Waals surface area contributed by atoms with Gasteiger partial charge in [0.05, 0.1) is 35.0 Å². The summed E-state index contributed by atoms with van der Waals surface area (Å²) in [6.45, 7) is 0.296. The highest BCUT2D eigenvalue weighted by Crippen LogP contribution is 2.59. The second kappa shape index (κ2) is 15.6. The van der Waals surface area contributed by atoms with Gasteiger partial charge in [0.2, 0.25) is 23.6 Å². The van der Waals surface area contributed by atoms with Crippen molar-refractivity contribution in [2.75, 3.05) is 20.4 Å². The van der Waals surface area contributed by atoms with Crippen LogP contribution in [0.15, 0.2) is 169 Å². The van der Waals surface area contributed by atoms with E-state index in [-0.39, 0.29) is 35.8 Å². The van der Waals surface area contributed by atoms with Gasteiger partial charge in [-0.1, -0.05) is 84.4 Å². The third-order valence-electron chi connectivity index (χ3n) is 12.6. The standard InChI is InChI=1S/C51H42N4O6/c56-44-28-38(61-30-31-10-4-1-5-11-31)24-25-40(44)45-39-26-27-41-46(50(59)54(48(41)57)36-20-16-34(17-21-36)52-32-12-6-2-7-13-32)42(39)29-43-47(45)51(60)55(49(43)58)37-22-18-35(19-23-37)53-33-14-8-3-9-15-33/h1-26,28,41-43,45-47,52-53,56H,27,29-30H2. The van der Waals surface area contributed by atoms with Crippen LogP contribution in [0.5, 0.6) is 11.5 Å². The van der Waals surface area contributed by atoms with Crippen molar-refractivity contribution in [2.24, 2.45) is 29.6 Å². The molecule has 0 aromatic heterocycles. The van der Waals surface area contributed by atoms with Crippen LogP contribution in [0, 0.1) is 29.6 Å². The van der Waals surface area contributed by atoms with Gasteiger partial charge in [-0.2, -0.15) is 0 Å². The van der Waals surface area contributed by atoms with Crippen molar-refractivity contribution in [3.63, 3.8) is 0 Å². The van der Waals surface area contributed by atoms with Crippen molar-refractivity contribution in [2.45, 2.75) is 25.4 Å². The van der Waals surface area contributed by atoms with Gasteiger partial charge in [0.25, 0.3) is 0 Å². The van der Waals surface area contributed by atoms with Gasteiger partial charge in [0.15, 0.2) is 0 Å². The number of hydrogen-bond donors (Lipinski definition) is 3. The van der Waals surface area contributed by atoms with Crippen molar-refractivity contribution in [1.29, 1.82) is 0 Å². The highest BCUT2D eigenvalue weighted by atomic mass is 16.5. The van der Waals surface area contributed by atoms with Crippen LogP contribution < -0.4 is 25.2 Å². The van der Waals surface area contributed by atoms with Crippen LogP contribution in [-0.2, 0) is 25.8 Å². The number of imide groups is 2. The molecule has 6 aromatic carbocycles. The Kier molecular flexibility index (Phi) is 9.67. The van der Waals surface area contributed by atoms with Gasteiger partial charge in [0, 0.05) is 40.3 Å². The quantitative estimate of drug-likeness (QED) is 0.0923. The third-order valence-corrected chi connectivity index (χ3v) is 12.6. The lowest BCUT2D eigenvalue weighted by atomic mass is 9.57. The van der Waals surface area contributed by atoms with Crippen molar-refractivity contribution >= 4 is 57.8 Å². The summed E-state index contributed by atoms with van der Waals surface area (Å²) in [5.74, 6) is -5.22. The number of ether oxygens (including phenoxy) is 1.